The van der Waals surface area contributed by atoms with Crippen LogP contribution in [-0.2, 0) is 11.3 Å². The number of carbonyl (C=O) groups is 2. The van der Waals surface area contributed by atoms with Crippen LogP contribution in [-0.4, -0.2) is 54.8 Å². The van der Waals surface area contributed by atoms with Gasteiger partial charge in [0.2, 0.25) is 17.7 Å². The molecule has 1 aromatic carbocycles. The maximum Gasteiger partial charge on any atom is 0.263 e. The topological polar surface area (TPSA) is 168 Å². The van der Waals surface area contributed by atoms with E-state index in [0.717, 1.165) is 17.5 Å². The molecule has 0 spiro atoms. The lowest BCUT2D eigenvalue weighted by Crippen LogP contribution is -2.38. The minimum atomic E-state index is -1.13. The largest absolute Gasteiger partial charge is 0.418 e. The number of benzene rings is 1. The second kappa shape index (κ2) is 11.9. The van der Waals surface area contributed by atoms with Crippen molar-refractivity contribution < 1.29 is 27.9 Å². The van der Waals surface area contributed by atoms with E-state index in [1.165, 1.54) is 29.0 Å². The SMILES string of the molecule is O=C(C[C@@H](NC(=O)c1cccn(Cc2ccc(F)c(F)c2)c1=O)c1nnc(-c2c[nH]c3ncccc23)o1)NCCO. The Morgan fingerprint density at radius 3 is 2.78 bits per heavy atom. The van der Waals surface area contributed by atoms with Crippen LogP contribution < -0.4 is 16.2 Å². The highest BCUT2D eigenvalue weighted by atomic mass is 19.2. The van der Waals surface area contributed by atoms with E-state index in [0.29, 0.717) is 16.8 Å². The van der Waals surface area contributed by atoms with E-state index in [-0.39, 0.29) is 43.5 Å². The van der Waals surface area contributed by atoms with Gasteiger partial charge in [-0.3, -0.25) is 14.4 Å². The molecule has 2 amide bonds. The van der Waals surface area contributed by atoms with E-state index in [4.69, 9.17) is 9.52 Å². The summed E-state index contributed by atoms with van der Waals surface area (Å²) in [6.07, 6.45) is 4.32. The monoisotopic (exact) mass is 563 g/mol. The second-order valence-corrected chi connectivity index (χ2v) is 8.95. The fourth-order valence-corrected chi connectivity index (χ4v) is 4.17. The van der Waals surface area contributed by atoms with Crippen LogP contribution >= 0.6 is 0 Å². The lowest BCUT2D eigenvalue weighted by molar-refractivity contribution is -0.121. The average Bonchev–Trinajstić information content (AvgIpc) is 3.62. The van der Waals surface area contributed by atoms with E-state index >= 15 is 0 Å². The number of aliphatic hydroxyl groups excluding tert-OH is 1. The van der Waals surface area contributed by atoms with Gasteiger partial charge in [-0.25, -0.2) is 13.8 Å². The summed E-state index contributed by atoms with van der Waals surface area (Å²) in [7, 11) is 0. The Labute approximate surface area is 230 Å². The number of halogens is 2. The summed E-state index contributed by atoms with van der Waals surface area (Å²) in [6.45, 7) is -0.412. The number of rotatable bonds is 10. The Kier molecular flexibility index (Phi) is 7.92. The highest BCUT2D eigenvalue weighted by molar-refractivity contribution is 5.94. The second-order valence-electron chi connectivity index (χ2n) is 8.95. The lowest BCUT2D eigenvalue weighted by Gasteiger charge is -2.15. The van der Waals surface area contributed by atoms with E-state index in [1.54, 1.807) is 24.5 Å². The summed E-state index contributed by atoms with van der Waals surface area (Å²) in [5.74, 6) is -3.41. The first kappa shape index (κ1) is 27.3. The van der Waals surface area contributed by atoms with Crippen molar-refractivity contribution in [3.05, 3.63) is 100 Å². The van der Waals surface area contributed by atoms with Gasteiger partial charge in [-0.2, -0.15) is 0 Å². The van der Waals surface area contributed by atoms with Gasteiger partial charge in [-0.15, -0.1) is 10.2 Å². The van der Waals surface area contributed by atoms with Crippen molar-refractivity contribution >= 4 is 22.8 Å². The molecule has 14 heteroatoms. The molecule has 0 fully saturated rings. The van der Waals surface area contributed by atoms with Gasteiger partial charge in [0.1, 0.15) is 17.3 Å². The standard InChI is InChI=1S/C27H23F2N7O5/c28-19-6-5-15(11-20(19)29)14-36-9-2-4-17(27(36)40)24(39)33-21(12-22(38)30-8-10-37)26-35-34-25(41-26)18-13-32-23-16(18)3-1-7-31-23/h1-7,9,11,13,21,37H,8,10,12,14H2,(H,30,38)(H,31,32)(H,33,39)/t21-/m1/s1. The van der Waals surface area contributed by atoms with Gasteiger partial charge in [0.15, 0.2) is 11.6 Å². The number of aliphatic hydroxyl groups is 1. The average molecular weight is 564 g/mol. The molecule has 4 heterocycles. The Bertz CT molecular complexity index is 1780. The first-order chi connectivity index (χ1) is 19.8. The third kappa shape index (κ3) is 6.01. The molecule has 0 aliphatic carbocycles. The van der Waals surface area contributed by atoms with Crippen LogP contribution in [0.1, 0.15) is 34.3 Å². The van der Waals surface area contributed by atoms with Gasteiger partial charge in [-0.1, -0.05) is 6.07 Å². The van der Waals surface area contributed by atoms with Crippen LogP contribution in [0.15, 0.2) is 70.3 Å². The molecule has 1 atom stereocenters. The molecule has 0 saturated heterocycles. The summed E-state index contributed by atoms with van der Waals surface area (Å²) in [4.78, 5) is 46.1. The number of H-pyrrole nitrogens is 1. The highest BCUT2D eigenvalue weighted by Gasteiger charge is 2.27. The van der Waals surface area contributed by atoms with Crippen molar-refractivity contribution in [3.63, 3.8) is 0 Å². The number of fused-ring (bicyclic) bond motifs is 1. The maximum absolute atomic E-state index is 13.6. The van der Waals surface area contributed by atoms with Gasteiger partial charge in [0, 0.05) is 30.5 Å². The molecular formula is C27H23F2N7O5. The summed E-state index contributed by atoms with van der Waals surface area (Å²) in [6, 6.07) is 8.40. The zero-order chi connectivity index (χ0) is 28.9. The van der Waals surface area contributed by atoms with E-state index in [2.05, 4.69) is 30.8 Å². The number of nitrogens with one attached hydrogen (secondary N) is 3. The number of amides is 2. The molecule has 0 radical (unpaired) electrons. The van der Waals surface area contributed by atoms with Gasteiger partial charge in [0.25, 0.3) is 11.5 Å². The molecule has 5 aromatic rings. The van der Waals surface area contributed by atoms with Crippen LogP contribution in [0.2, 0.25) is 0 Å². The minimum Gasteiger partial charge on any atom is -0.418 e. The fourth-order valence-electron chi connectivity index (χ4n) is 4.17. The minimum absolute atomic E-state index is 0.00963. The highest BCUT2D eigenvalue weighted by Crippen LogP contribution is 2.28. The molecule has 4 N–H and O–H groups in total. The molecular weight excluding hydrogens is 540 g/mol. The van der Waals surface area contributed by atoms with Crippen LogP contribution in [0.4, 0.5) is 8.78 Å². The van der Waals surface area contributed by atoms with Gasteiger partial charge < -0.3 is 29.7 Å². The molecule has 5 rings (SSSR count). The molecule has 0 aliphatic heterocycles. The quantitative estimate of drug-likeness (QED) is 0.200. The van der Waals surface area contributed by atoms with E-state index in [1.807, 2.05) is 0 Å². The van der Waals surface area contributed by atoms with Gasteiger partial charge in [0.05, 0.1) is 25.1 Å². The predicted molar refractivity (Wildman–Crippen MR) is 140 cm³/mol. The number of hydrogen-bond acceptors (Lipinski definition) is 8. The molecule has 0 bridgehead atoms. The summed E-state index contributed by atoms with van der Waals surface area (Å²) in [5.41, 5.74) is 0.505. The number of carbonyl (C=O) groups excluding carboxylic acids is 2. The molecule has 0 saturated carbocycles. The zero-order valence-corrected chi connectivity index (χ0v) is 21.3. The van der Waals surface area contributed by atoms with Crippen LogP contribution in [0.5, 0.6) is 0 Å². The molecule has 41 heavy (non-hydrogen) atoms. The van der Waals surface area contributed by atoms with E-state index < -0.39 is 35.0 Å². The number of aromatic nitrogens is 5. The van der Waals surface area contributed by atoms with E-state index in [9.17, 15) is 23.2 Å². The van der Waals surface area contributed by atoms with Gasteiger partial charge >= 0.3 is 0 Å². The summed E-state index contributed by atoms with van der Waals surface area (Å²) in [5, 5.41) is 22.9. The Hall–Kier alpha value is -5.24. The molecule has 0 aliphatic rings. The summed E-state index contributed by atoms with van der Waals surface area (Å²) >= 11 is 0. The maximum atomic E-state index is 13.6. The number of aromatic amines is 1. The molecule has 4 aromatic heterocycles. The Morgan fingerprint density at radius 2 is 1.98 bits per heavy atom. The van der Waals surface area contributed by atoms with Crippen molar-refractivity contribution in [2.24, 2.45) is 0 Å². The third-order valence-corrected chi connectivity index (χ3v) is 6.15. The number of hydrogen-bond donors (Lipinski definition) is 4. The lowest BCUT2D eigenvalue weighted by atomic mass is 10.1. The number of nitrogens with zero attached hydrogens (tertiary/aromatic N) is 4. The van der Waals surface area contributed by atoms with Crippen molar-refractivity contribution in [2.75, 3.05) is 13.2 Å². The van der Waals surface area contributed by atoms with Crippen molar-refractivity contribution in [1.82, 2.24) is 35.4 Å². The van der Waals surface area contributed by atoms with Crippen molar-refractivity contribution in [3.8, 4) is 11.5 Å². The third-order valence-electron chi connectivity index (χ3n) is 6.15. The van der Waals surface area contributed by atoms with Crippen molar-refractivity contribution in [2.45, 2.75) is 19.0 Å². The first-order valence-corrected chi connectivity index (χ1v) is 12.4. The first-order valence-electron chi connectivity index (χ1n) is 12.4. The predicted octanol–water partition coefficient (Wildman–Crippen LogP) is 2.07. The Morgan fingerprint density at radius 1 is 1.12 bits per heavy atom. The molecule has 210 valence electrons. The smallest absolute Gasteiger partial charge is 0.263 e. The Balaban J connectivity index is 1.41. The van der Waals surface area contributed by atoms with Crippen LogP contribution in [0.25, 0.3) is 22.5 Å². The zero-order valence-electron chi connectivity index (χ0n) is 21.3. The molecule has 0 unspecified atom stereocenters. The molecule has 12 nitrogen and oxygen atoms in total. The fraction of sp³-hybridized carbons (Fsp3) is 0.185. The van der Waals surface area contributed by atoms with Crippen LogP contribution in [0, 0.1) is 11.6 Å². The van der Waals surface area contributed by atoms with Crippen LogP contribution in [0.3, 0.4) is 0 Å². The van der Waals surface area contributed by atoms with Crippen molar-refractivity contribution in [1.29, 1.82) is 0 Å². The van der Waals surface area contributed by atoms with Gasteiger partial charge in [-0.05, 0) is 42.0 Å². The number of pyridine rings is 2. The normalized spacial score (nSPS) is 11.9. The summed E-state index contributed by atoms with van der Waals surface area (Å²) < 4.78 is 33.9.